The lowest BCUT2D eigenvalue weighted by Crippen LogP contribution is -2.34. The average molecular weight is 247 g/mol. The Balaban J connectivity index is 1.85. The van der Waals surface area contributed by atoms with E-state index in [2.05, 4.69) is 37.4 Å². The van der Waals surface area contributed by atoms with E-state index in [0.717, 1.165) is 13.0 Å². The van der Waals surface area contributed by atoms with Crippen molar-refractivity contribution in [3.8, 4) is 0 Å². The van der Waals surface area contributed by atoms with Gasteiger partial charge >= 0.3 is 0 Å². The summed E-state index contributed by atoms with van der Waals surface area (Å²) in [6, 6.07) is 7.26. The molecule has 0 radical (unpaired) electrons. The molecule has 2 N–H and O–H groups in total. The predicted molar refractivity (Wildman–Crippen MR) is 75.6 cm³/mol. The zero-order valence-electron chi connectivity index (χ0n) is 11.6. The van der Waals surface area contributed by atoms with Crippen LogP contribution in [0.25, 0.3) is 0 Å². The Morgan fingerprint density at radius 1 is 1.22 bits per heavy atom. The number of hydrogen-bond donors (Lipinski definition) is 2. The van der Waals surface area contributed by atoms with E-state index < -0.39 is 0 Å². The summed E-state index contributed by atoms with van der Waals surface area (Å²) in [7, 11) is 0. The van der Waals surface area contributed by atoms with Crippen LogP contribution in [0.5, 0.6) is 0 Å². The van der Waals surface area contributed by atoms with Gasteiger partial charge in [0.25, 0.3) is 0 Å². The summed E-state index contributed by atoms with van der Waals surface area (Å²) in [5.74, 6) is 0.510. The largest absolute Gasteiger partial charge is 0.396 e. The number of rotatable bonds is 4. The van der Waals surface area contributed by atoms with Crippen LogP contribution in [0.4, 0.5) is 0 Å². The van der Waals surface area contributed by atoms with Gasteiger partial charge in [-0.25, -0.2) is 0 Å². The van der Waals surface area contributed by atoms with Crippen molar-refractivity contribution in [2.24, 2.45) is 5.92 Å². The minimum atomic E-state index is 0.349. The molecule has 2 heteroatoms. The van der Waals surface area contributed by atoms with Crippen LogP contribution in [0.15, 0.2) is 18.2 Å². The fourth-order valence-corrected chi connectivity index (χ4v) is 2.82. The molecule has 18 heavy (non-hydrogen) atoms. The molecule has 1 fully saturated rings. The Bertz CT molecular complexity index is 389. The van der Waals surface area contributed by atoms with E-state index in [4.69, 9.17) is 0 Å². The van der Waals surface area contributed by atoms with E-state index in [0.29, 0.717) is 18.6 Å². The quantitative estimate of drug-likeness (QED) is 0.857. The number of aryl methyl sites for hydroxylation is 2. The van der Waals surface area contributed by atoms with Crippen LogP contribution in [0, 0.1) is 19.8 Å². The van der Waals surface area contributed by atoms with Crippen LogP contribution in [0.1, 0.15) is 42.4 Å². The maximum atomic E-state index is 9.23. The highest BCUT2D eigenvalue weighted by molar-refractivity contribution is 5.29. The van der Waals surface area contributed by atoms with Gasteiger partial charge < -0.3 is 10.4 Å². The van der Waals surface area contributed by atoms with Crippen LogP contribution in [0.3, 0.4) is 0 Å². The lowest BCUT2D eigenvalue weighted by molar-refractivity contribution is 0.170. The highest BCUT2D eigenvalue weighted by Gasteiger charge is 2.20. The molecule has 2 nitrogen and oxygen atoms in total. The first-order valence-electron chi connectivity index (χ1n) is 7.09. The Labute approximate surface area is 110 Å². The van der Waals surface area contributed by atoms with Crippen LogP contribution in [0.2, 0.25) is 0 Å². The minimum absolute atomic E-state index is 0.349. The second-order valence-electron chi connectivity index (χ2n) is 5.71. The Kier molecular flexibility index (Phi) is 4.79. The summed E-state index contributed by atoms with van der Waals surface area (Å²) in [5, 5.41) is 12.9. The molecule has 1 aromatic rings. The Morgan fingerprint density at radius 3 is 2.78 bits per heavy atom. The minimum Gasteiger partial charge on any atom is -0.396 e. The van der Waals surface area contributed by atoms with Gasteiger partial charge in [0.2, 0.25) is 0 Å². The summed E-state index contributed by atoms with van der Waals surface area (Å²) < 4.78 is 0. The van der Waals surface area contributed by atoms with Crippen molar-refractivity contribution in [2.45, 2.75) is 52.1 Å². The second-order valence-corrected chi connectivity index (χ2v) is 5.71. The molecule has 2 rings (SSSR count). The molecular weight excluding hydrogens is 222 g/mol. The highest BCUT2D eigenvalue weighted by atomic mass is 16.3. The van der Waals surface area contributed by atoms with Crippen molar-refractivity contribution in [3.63, 3.8) is 0 Å². The van der Waals surface area contributed by atoms with Crippen LogP contribution >= 0.6 is 0 Å². The van der Waals surface area contributed by atoms with Crippen molar-refractivity contribution >= 4 is 0 Å². The molecule has 1 aliphatic carbocycles. The van der Waals surface area contributed by atoms with Gasteiger partial charge in [0.15, 0.2) is 0 Å². The third kappa shape index (κ3) is 3.56. The zero-order chi connectivity index (χ0) is 13.0. The van der Waals surface area contributed by atoms with Crippen LogP contribution < -0.4 is 5.32 Å². The van der Waals surface area contributed by atoms with Gasteiger partial charge in [-0.3, -0.25) is 0 Å². The van der Waals surface area contributed by atoms with Gasteiger partial charge in [-0.05, 0) is 55.7 Å². The van der Waals surface area contributed by atoms with Crippen molar-refractivity contribution in [2.75, 3.05) is 6.61 Å². The van der Waals surface area contributed by atoms with Gasteiger partial charge in [0.05, 0.1) is 0 Å². The van der Waals surface area contributed by atoms with Gasteiger partial charge in [0.1, 0.15) is 0 Å². The summed E-state index contributed by atoms with van der Waals surface area (Å²) in [4.78, 5) is 0. The molecule has 0 aliphatic heterocycles. The molecular formula is C16H25NO. The maximum Gasteiger partial charge on any atom is 0.0459 e. The SMILES string of the molecule is Cc1ccc(CNC2CCCC(CO)C2)cc1C. The first-order valence-corrected chi connectivity index (χ1v) is 7.09. The fraction of sp³-hybridized carbons (Fsp3) is 0.625. The molecule has 0 spiro atoms. The highest BCUT2D eigenvalue weighted by Crippen LogP contribution is 2.24. The third-order valence-electron chi connectivity index (χ3n) is 4.21. The van der Waals surface area contributed by atoms with E-state index >= 15 is 0 Å². The van der Waals surface area contributed by atoms with Gasteiger partial charge in [-0.1, -0.05) is 24.6 Å². The Hall–Kier alpha value is -0.860. The van der Waals surface area contributed by atoms with Gasteiger partial charge in [0, 0.05) is 19.2 Å². The molecule has 1 aliphatic rings. The molecule has 1 aromatic carbocycles. The summed E-state index contributed by atoms with van der Waals surface area (Å²) in [6.45, 7) is 5.62. The molecule has 0 aromatic heterocycles. The third-order valence-corrected chi connectivity index (χ3v) is 4.21. The zero-order valence-corrected chi connectivity index (χ0v) is 11.6. The van der Waals surface area contributed by atoms with Crippen molar-refractivity contribution < 1.29 is 5.11 Å². The molecule has 1 saturated carbocycles. The van der Waals surface area contributed by atoms with Gasteiger partial charge in [-0.2, -0.15) is 0 Å². The average Bonchev–Trinajstić information content (AvgIpc) is 2.40. The topological polar surface area (TPSA) is 32.3 Å². The first-order chi connectivity index (χ1) is 8.69. The lowest BCUT2D eigenvalue weighted by Gasteiger charge is -2.28. The van der Waals surface area contributed by atoms with Crippen LogP contribution in [-0.4, -0.2) is 17.8 Å². The fourth-order valence-electron chi connectivity index (χ4n) is 2.82. The second kappa shape index (κ2) is 6.35. The van der Waals surface area contributed by atoms with Crippen molar-refractivity contribution in [1.82, 2.24) is 5.32 Å². The number of nitrogens with one attached hydrogen (secondary N) is 1. The van der Waals surface area contributed by atoms with Crippen molar-refractivity contribution in [3.05, 3.63) is 34.9 Å². The predicted octanol–water partition coefficient (Wildman–Crippen LogP) is 2.94. The number of benzene rings is 1. The number of aliphatic hydroxyl groups excluding tert-OH is 1. The Morgan fingerprint density at radius 2 is 2.06 bits per heavy atom. The van der Waals surface area contributed by atoms with E-state index in [1.807, 2.05) is 0 Å². The molecule has 0 amide bonds. The van der Waals surface area contributed by atoms with E-state index in [1.165, 1.54) is 36.0 Å². The smallest absolute Gasteiger partial charge is 0.0459 e. The van der Waals surface area contributed by atoms with E-state index in [1.54, 1.807) is 0 Å². The molecule has 2 unspecified atom stereocenters. The lowest BCUT2D eigenvalue weighted by atomic mass is 9.86. The van der Waals surface area contributed by atoms with Crippen molar-refractivity contribution in [1.29, 1.82) is 0 Å². The summed E-state index contributed by atoms with van der Waals surface area (Å²) >= 11 is 0. The van der Waals surface area contributed by atoms with Gasteiger partial charge in [-0.15, -0.1) is 0 Å². The summed E-state index contributed by atoms with van der Waals surface area (Å²) in [6.07, 6.45) is 4.82. The standard InChI is InChI=1S/C16H25NO/c1-12-6-7-14(8-13(12)2)10-17-16-5-3-4-15(9-16)11-18/h6-8,15-18H,3-5,9-11H2,1-2H3. The monoisotopic (exact) mass is 247 g/mol. The van der Waals surface area contributed by atoms with E-state index in [-0.39, 0.29) is 0 Å². The maximum absolute atomic E-state index is 9.23. The molecule has 2 atom stereocenters. The normalized spacial score (nSPS) is 24.2. The number of aliphatic hydroxyl groups is 1. The van der Waals surface area contributed by atoms with E-state index in [9.17, 15) is 5.11 Å². The summed E-state index contributed by atoms with van der Waals surface area (Å²) in [5.41, 5.74) is 4.09. The first kappa shape index (κ1) is 13.6. The molecule has 100 valence electrons. The number of hydrogen-bond acceptors (Lipinski definition) is 2. The molecule has 0 saturated heterocycles. The molecule has 0 heterocycles. The van der Waals surface area contributed by atoms with Crippen LogP contribution in [-0.2, 0) is 6.54 Å². The molecule has 0 bridgehead atoms.